The lowest BCUT2D eigenvalue weighted by molar-refractivity contribution is -0.142. The molecule has 0 amide bonds. The first-order valence-electron chi connectivity index (χ1n) is 6.53. The molecule has 0 atom stereocenters. The van der Waals surface area contributed by atoms with Crippen molar-refractivity contribution >= 4 is 17.7 Å². The zero-order valence-electron chi connectivity index (χ0n) is 12.1. The number of hydrogen-bond donors (Lipinski definition) is 0. The summed E-state index contributed by atoms with van der Waals surface area (Å²) in [6.45, 7) is 1.67. The second-order valence-electron chi connectivity index (χ2n) is 4.64. The van der Waals surface area contributed by atoms with Gasteiger partial charge in [0.05, 0.1) is 11.5 Å². The molecule has 1 aromatic heterocycles. The van der Waals surface area contributed by atoms with Crippen LogP contribution in [0.15, 0.2) is 28.7 Å². The summed E-state index contributed by atoms with van der Waals surface area (Å²) in [5.74, 6) is -1.90. The van der Waals surface area contributed by atoms with E-state index in [0.29, 0.717) is 11.8 Å². The van der Waals surface area contributed by atoms with Gasteiger partial charge in [-0.05, 0) is 19.1 Å². The van der Waals surface area contributed by atoms with Gasteiger partial charge in [0.15, 0.2) is 6.61 Å². The molecule has 0 bridgehead atoms. The van der Waals surface area contributed by atoms with Gasteiger partial charge >= 0.3 is 12.1 Å². The van der Waals surface area contributed by atoms with Gasteiger partial charge in [0, 0.05) is 5.56 Å². The van der Waals surface area contributed by atoms with Crippen molar-refractivity contribution in [2.45, 2.75) is 19.7 Å². The number of carbonyl (C=O) groups is 1. The molecule has 0 spiro atoms. The SMILES string of the molecule is Cc1ccc(-c2nnc(COC(=O)CSCC(F)(F)F)o2)cc1. The number of benzene rings is 1. The Kier molecular flexibility index (Phi) is 5.64. The molecule has 0 unspecified atom stereocenters. The third-order valence-electron chi connectivity index (χ3n) is 2.61. The number of hydrogen-bond acceptors (Lipinski definition) is 6. The van der Waals surface area contributed by atoms with Crippen LogP contribution >= 0.6 is 11.8 Å². The van der Waals surface area contributed by atoms with E-state index < -0.39 is 23.7 Å². The first-order chi connectivity index (χ1) is 10.8. The van der Waals surface area contributed by atoms with Gasteiger partial charge in [-0.1, -0.05) is 17.7 Å². The Morgan fingerprint density at radius 2 is 1.96 bits per heavy atom. The highest BCUT2D eigenvalue weighted by molar-refractivity contribution is 7.99. The molecule has 0 saturated heterocycles. The van der Waals surface area contributed by atoms with Crippen LogP contribution in [-0.2, 0) is 16.1 Å². The van der Waals surface area contributed by atoms with Gasteiger partial charge in [0.1, 0.15) is 0 Å². The summed E-state index contributed by atoms with van der Waals surface area (Å²) in [7, 11) is 0. The molecule has 23 heavy (non-hydrogen) atoms. The van der Waals surface area contributed by atoms with E-state index in [-0.39, 0.29) is 18.4 Å². The Hall–Kier alpha value is -2.03. The quantitative estimate of drug-likeness (QED) is 0.747. The summed E-state index contributed by atoms with van der Waals surface area (Å²) in [5.41, 5.74) is 1.81. The third kappa shape index (κ3) is 5.93. The number of nitrogens with zero attached hydrogens (tertiary/aromatic N) is 2. The normalized spacial score (nSPS) is 11.5. The van der Waals surface area contributed by atoms with Gasteiger partial charge in [-0.2, -0.15) is 13.2 Å². The van der Waals surface area contributed by atoms with E-state index in [4.69, 9.17) is 9.15 Å². The fourth-order valence-corrected chi connectivity index (χ4v) is 2.14. The summed E-state index contributed by atoms with van der Waals surface area (Å²) >= 11 is 0.441. The van der Waals surface area contributed by atoms with Crippen LogP contribution in [0.5, 0.6) is 0 Å². The minimum Gasteiger partial charge on any atom is -0.455 e. The molecule has 1 heterocycles. The molecule has 9 heteroatoms. The summed E-state index contributed by atoms with van der Waals surface area (Å²) in [5, 5.41) is 7.55. The van der Waals surface area contributed by atoms with Crippen LogP contribution in [0.2, 0.25) is 0 Å². The van der Waals surface area contributed by atoms with E-state index in [2.05, 4.69) is 10.2 Å². The Morgan fingerprint density at radius 1 is 1.26 bits per heavy atom. The molecule has 2 rings (SSSR count). The lowest BCUT2D eigenvalue weighted by Gasteiger charge is -2.05. The number of aromatic nitrogens is 2. The number of alkyl halides is 3. The standard InChI is InChI=1S/C14H13F3N2O3S/c1-9-2-4-10(5-3-9)13-19-18-11(22-13)6-21-12(20)7-23-8-14(15,16)17/h2-5H,6-8H2,1H3. The number of carbonyl (C=O) groups excluding carboxylic acids is 1. The van der Waals surface area contributed by atoms with Crippen LogP contribution in [0.25, 0.3) is 11.5 Å². The van der Waals surface area contributed by atoms with Gasteiger partial charge in [0.2, 0.25) is 5.89 Å². The number of thioether (sulfide) groups is 1. The molecule has 0 aliphatic heterocycles. The largest absolute Gasteiger partial charge is 0.455 e. The maximum Gasteiger partial charge on any atom is 0.397 e. The Bertz CT molecular complexity index is 656. The monoisotopic (exact) mass is 346 g/mol. The molecule has 2 aromatic rings. The van der Waals surface area contributed by atoms with Crippen LogP contribution in [0.1, 0.15) is 11.5 Å². The maximum absolute atomic E-state index is 11.9. The smallest absolute Gasteiger partial charge is 0.397 e. The first kappa shape index (κ1) is 17.3. The Morgan fingerprint density at radius 3 is 2.61 bits per heavy atom. The average molecular weight is 346 g/mol. The zero-order valence-corrected chi connectivity index (χ0v) is 12.9. The van der Waals surface area contributed by atoms with Crippen molar-refractivity contribution in [1.82, 2.24) is 10.2 Å². The molecular weight excluding hydrogens is 333 g/mol. The minimum atomic E-state index is -4.31. The number of aryl methyl sites for hydroxylation is 1. The summed E-state index contributed by atoms with van der Waals surface area (Å²) in [4.78, 5) is 11.3. The van der Waals surface area contributed by atoms with E-state index in [1.54, 1.807) is 0 Å². The van der Waals surface area contributed by atoms with Gasteiger partial charge in [-0.25, -0.2) is 0 Å². The van der Waals surface area contributed by atoms with Gasteiger partial charge in [-0.15, -0.1) is 22.0 Å². The van der Waals surface area contributed by atoms with Crippen LogP contribution in [0.4, 0.5) is 13.2 Å². The minimum absolute atomic E-state index is 0.0785. The van der Waals surface area contributed by atoms with Crippen molar-refractivity contribution in [3.05, 3.63) is 35.7 Å². The number of ether oxygens (including phenoxy) is 1. The lowest BCUT2D eigenvalue weighted by atomic mass is 10.1. The molecular formula is C14H13F3N2O3S. The van der Waals surface area contributed by atoms with Gasteiger partial charge < -0.3 is 9.15 Å². The van der Waals surface area contributed by atoms with Crippen LogP contribution in [0.3, 0.4) is 0 Å². The van der Waals surface area contributed by atoms with E-state index >= 15 is 0 Å². The van der Waals surface area contributed by atoms with Crippen molar-refractivity contribution in [3.8, 4) is 11.5 Å². The fraction of sp³-hybridized carbons (Fsp3) is 0.357. The molecule has 0 aliphatic rings. The molecule has 5 nitrogen and oxygen atoms in total. The number of rotatable bonds is 6. The van der Waals surface area contributed by atoms with Crippen molar-refractivity contribution in [2.75, 3.05) is 11.5 Å². The molecule has 0 radical (unpaired) electrons. The molecule has 0 N–H and O–H groups in total. The third-order valence-corrected chi connectivity index (χ3v) is 3.58. The number of halogens is 3. The Balaban J connectivity index is 1.80. The summed E-state index contributed by atoms with van der Waals surface area (Å²) in [6.07, 6.45) is -4.31. The van der Waals surface area contributed by atoms with Crippen molar-refractivity contribution in [3.63, 3.8) is 0 Å². The van der Waals surface area contributed by atoms with Gasteiger partial charge in [-0.3, -0.25) is 4.79 Å². The molecule has 0 aliphatic carbocycles. The van der Waals surface area contributed by atoms with Crippen molar-refractivity contribution in [1.29, 1.82) is 0 Å². The van der Waals surface area contributed by atoms with Gasteiger partial charge in [0.25, 0.3) is 5.89 Å². The van der Waals surface area contributed by atoms with E-state index in [1.165, 1.54) is 0 Å². The molecule has 0 fully saturated rings. The van der Waals surface area contributed by atoms with E-state index in [1.807, 2.05) is 31.2 Å². The predicted molar refractivity (Wildman–Crippen MR) is 77.6 cm³/mol. The van der Waals surface area contributed by atoms with Crippen LogP contribution < -0.4 is 0 Å². The maximum atomic E-state index is 11.9. The highest BCUT2D eigenvalue weighted by atomic mass is 32.2. The average Bonchev–Trinajstić information content (AvgIpc) is 2.93. The van der Waals surface area contributed by atoms with Crippen LogP contribution in [0, 0.1) is 6.92 Å². The highest BCUT2D eigenvalue weighted by Crippen LogP contribution is 2.21. The van der Waals surface area contributed by atoms with E-state index in [9.17, 15) is 18.0 Å². The predicted octanol–water partition coefficient (Wildman–Crippen LogP) is 3.38. The first-order valence-corrected chi connectivity index (χ1v) is 7.68. The molecule has 1 aromatic carbocycles. The fourth-order valence-electron chi connectivity index (χ4n) is 1.56. The van der Waals surface area contributed by atoms with Crippen LogP contribution in [-0.4, -0.2) is 33.8 Å². The highest BCUT2D eigenvalue weighted by Gasteiger charge is 2.27. The van der Waals surface area contributed by atoms with E-state index in [0.717, 1.165) is 11.1 Å². The Labute approximate surface area is 134 Å². The topological polar surface area (TPSA) is 65.2 Å². The lowest BCUT2D eigenvalue weighted by Crippen LogP contribution is -2.14. The summed E-state index contributed by atoms with van der Waals surface area (Å²) in [6, 6.07) is 7.40. The summed E-state index contributed by atoms with van der Waals surface area (Å²) < 4.78 is 45.9. The zero-order chi connectivity index (χ0) is 16.9. The van der Waals surface area contributed by atoms with Crippen molar-refractivity contribution < 1.29 is 27.1 Å². The second kappa shape index (κ2) is 7.49. The molecule has 124 valence electrons. The second-order valence-corrected chi connectivity index (χ2v) is 5.62. The number of esters is 1. The molecule has 0 saturated carbocycles. The van der Waals surface area contributed by atoms with Crippen molar-refractivity contribution in [2.24, 2.45) is 0 Å².